The number of aryl methyl sites for hydroxylation is 1. The Morgan fingerprint density at radius 2 is 1.87 bits per heavy atom. The van der Waals surface area contributed by atoms with Crippen molar-refractivity contribution in [1.82, 2.24) is 14.9 Å². The van der Waals surface area contributed by atoms with Crippen LogP contribution in [-0.4, -0.2) is 44.4 Å². The SMILES string of the molecule is Cc1ccc(S(=O)(=O)NC(C(=O)N2CNC(=O)C2)C(C)C)cc1. The van der Waals surface area contributed by atoms with Crippen molar-refractivity contribution in [1.29, 1.82) is 0 Å². The van der Waals surface area contributed by atoms with Gasteiger partial charge >= 0.3 is 0 Å². The molecular weight excluding hydrogens is 318 g/mol. The average molecular weight is 339 g/mol. The van der Waals surface area contributed by atoms with Crippen molar-refractivity contribution in [2.45, 2.75) is 31.7 Å². The van der Waals surface area contributed by atoms with Crippen LogP contribution in [0.3, 0.4) is 0 Å². The highest BCUT2D eigenvalue weighted by atomic mass is 32.2. The minimum absolute atomic E-state index is 0.0473. The van der Waals surface area contributed by atoms with E-state index in [1.165, 1.54) is 17.0 Å². The number of nitrogens with one attached hydrogen (secondary N) is 2. The van der Waals surface area contributed by atoms with Gasteiger partial charge in [-0.1, -0.05) is 31.5 Å². The van der Waals surface area contributed by atoms with Crippen LogP contribution in [0.1, 0.15) is 19.4 Å². The highest BCUT2D eigenvalue weighted by Crippen LogP contribution is 2.15. The van der Waals surface area contributed by atoms with Crippen LogP contribution in [0.2, 0.25) is 0 Å². The average Bonchev–Trinajstić information content (AvgIpc) is 2.91. The molecule has 1 heterocycles. The fraction of sp³-hybridized carbons (Fsp3) is 0.467. The van der Waals surface area contributed by atoms with Crippen LogP contribution < -0.4 is 10.0 Å². The van der Waals surface area contributed by atoms with Crippen molar-refractivity contribution >= 4 is 21.8 Å². The van der Waals surface area contributed by atoms with Gasteiger partial charge in [0.05, 0.1) is 11.6 Å². The summed E-state index contributed by atoms with van der Waals surface area (Å²) in [5.74, 6) is -0.908. The van der Waals surface area contributed by atoms with Gasteiger partial charge in [-0.25, -0.2) is 8.42 Å². The molecule has 126 valence electrons. The molecule has 8 heteroatoms. The molecule has 1 saturated heterocycles. The zero-order chi connectivity index (χ0) is 17.2. The van der Waals surface area contributed by atoms with Gasteiger partial charge < -0.3 is 10.2 Å². The number of carbonyl (C=O) groups excluding carboxylic acids is 2. The van der Waals surface area contributed by atoms with E-state index in [1.807, 2.05) is 6.92 Å². The molecule has 1 atom stereocenters. The van der Waals surface area contributed by atoms with Crippen LogP contribution in [0.15, 0.2) is 29.2 Å². The number of sulfonamides is 1. The Kier molecular flexibility index (Phi) is 5.06. The zero-order valence-electron chi connectivity index (χ0n) is 13.4. The molecule has 1 aromatic carbocycles. The second-order valence-electron chi connectivity index (χ2n) is 5.95. The second-order valence-corrected chi connectivity index (χ2v) is 7.66. The van der Waals surface area contributed by atoms with Crippen LogP contribution in [0.25, 0.3) is 0 Å². The predicted molar refractivity (Wildman–Crippen MR) is 84.8 cm³/mol. The number of amides is 2. The van der Waals surface area contributed by atoms with Crippen LogP contribution in [0.5, 0.6) is 0 Å². The van der Waals surface area contributed by atoms with E-state index in [0.717, 1.165) is 5.56 Å². The molecule has 0 saturated carbocycles. The Morgan fingerprint density at radius 3 is 2.35 bits per heavy atom. The van der Waals surface area contributed by atoms with Gasteiger partial charge in [0, 0.05) is 0 Å². The molecule has 2 amide bonds. The van der Waals surface area contributed by atoms with Crippen LogP contribution >= 0.6 is 0 Å². The van der Waals surface area contributed by atoms with E-state index >= 15 is 0 Å². The maximum Gasteiger partial charge on any atom is 0.242 e. The van der Waals surface area contributed by atoms with E-state index in [-0.39, 0.29) is 29.9 Å². The lowest BCUT2D eigenvalue weighted by atomic mass is 10.0. The summed E-state index contributed by atoms with van der Waals surface area (Å²) in [4.78, 5) is 25.2. The second kappa shape index (κ2) is 6.67. The van der Waals surface area contributed by atoms with Crippen molar-refractivity contribution in [3.8, 4) is 0 Å². The summed E-state index contributed by atoms with van der Waals surface area (Å²) in [6.07, 6.45) is 0. The van der Waals surface area contributed by atoms with E-state index in [4.69, 9.17) is 0 Å². The minimum Gasteiger partial charge on any atom is -0.337 e. The maximum absolute atomic E-state index is 12.5. The number of rotatable bonds is 5. The summed E-state index contributed by atoms with van der Waals surface area (Å²) >= 11 is 0. The first kappa shape index (κ1) is 17.4. The van der Waals surface area contributed by atoms with Gasteiger partial charge in [0.15, 0.2) is 0 Å². The molecule has 0 bridgehead atoms. The molecule has 0 radical (unpaired) electrons. The molecule has 0 aliphatic carbocycles. The van der Waals surface area contributed by atoms with Gasteiger partial charge in [0.1, 0.15) is 12.6 Å². The molecule has 23 heavy (non-hydrogen) atoms. The lowest BCUT2D eigenvalue weighted by molar-refractivity contribution is -0.134. The van der Waals surface area contributed by atoms with Crippen LogP contribution in [0.4, 0.5) is 0 Å². The molecule has 1 aliphatic heterocycles. The molecule has 1 aromatic rings. The smallest absolute Gasteiger partial charge is 0.242 e. The van der Waals surface area contributed by atoms with Crippen molar-refractivity contribution in [2.24, 2.45) is 5.92 Å². The van der Waals surface area contributed by atoms with Gasteiger partial charge in [0.2, 0.25) is 21.8 Å². The predicted octanol–water partition coefficient (Wildman–Crippen LogP) is 0.214. The number of carbonyl (C=O) groups is 2. The van der Waals surface area contributed by atoms with E-state index in [9.17, 15) is 18.0 Å². The normalized spacial score (nSPS) is 16.5. The van der Waals surface area contributed by atoms with E-state index in [1.54, 1.807) is 26.0 Å². The number of hydrogen-bond acceptors (Lipinski definition) is 4. The molecular formula is C15H21N3O4S. The van der Waals surface area contributed by atoms with E-state index in [0.29, 0.717) is 0 Å². The van der Waals surface area contributed by atoms with Crippen LogP contribution in [0, 0.1) is 12.8 Å². The highest BCUT2D eigenvalue weighted by molar-refractivity contribution is 7.89. The Balaban J connectivity index is 2.20. The van der Waals surface area contributed by atoms with Gasteiger partial charge in [0.25, 0.3) is 0 Å². The first-order chi connectivity index (χ1) is 10.7. The Labute approximate surface area is 136 Å². The van der Waals surface area contributed by atoms with E-state index < -0.39 is 22.0 Å². The molecule has 0 aromatic heterocycles. The Bertz CT molecular complexity index is 698. The molecule has 7 nitrogen and oxygen atoms in total. The minimum atomic E-state index is -3.81. The maximum atomic E-state index is 12.5. The molecule has 2 rings (SSSR count). The van der Waals surface area contributed by atoms with Gasteiger partial charge in [-0.05, 0) is 25.0 Å². The quantitative estimate of drug-likeness (QED) is 0.802. The van der Waals surface area contributed by atoms with Crippen molar-refractivity contribution in [3.63, 3.8) is 0 Å². The molecule has 1 aliphatic rings. The first-order valence-electron chi connectivity index (χ1n) is 7.35. The van der Waals surface area contributed by atoms with Gasteiger partial charge in [-0.3, -0.25) is 9.59 Å². The topological polar surface area (TPSA) is 95.6 Å². The summed E-state index contributed by atoms with van der Waals surface area (Å²) in [5, 5.41) is 2.53. The lowest BCUT2D eigenvalue weighted by Crippen LogP contribution is -2.50. The zero-order valence-corrected chi connectivity index (χ0v) is 14.2. The number of hydrogen-bond donors (Lipinski definition) is 2. The third-order valence-electron chi connectivity index (χ3n) is 3.66. The van der Waals surface area contributed by atoms with Crippen molar-refractivity contribution in [2.75, 3.05) is 13.2 Å². The van der Waals surface area contributed by atoms with Crippen molar-refractivity contribution in [3.05, 3.63) is 29.8 Å². The molecule has 1 fully saturated rings. The summed E-state index contributed by atoms with van der Waals surface area (Å²) in [7, 11) is -3.81. The highest BCUT2D eigenvalue weighted by Gasteiger charge is 2.34. The molecule has 2 N–H and O–H groups in total. The summed E-state index contributed by atoms with van der Waals surface area (Å²) in [6.45, 7) is 5.43. The summed E-state index contributed by atoms with van der Waals surface area (Å²) in [6, 6.07) is 5.48. The van der Waals surface area contributed by atoms with E-state index in [2.05, 4.69) is 10.0 Å². The summed E-state index contributed by atoms with van der Waals surface area (Å²) < 4.78 is 27.4. The van der Waals surface area contributed by atoms with Gasteiger partial charge in [-0.15, -0.1) is 0 Å². The first-order valence-corrected chi connectivity index (χ1v) is 8.83. The van der Waals surface area contributed by atoms with Gasteiger partial charge in [-0.2, -0.15) is 4.72 Å². The number of nitrogens with zero attached hydrogens (tertiary/aromatic N) is 1. The Morgan fingerprint density at radius 1 is 1.26 bits per heavy atom. The third-order valence-corrected chi connectivity index (χ3v) is 5.12. The summed E-state index contributed by atoms with van der Waals surface area (Å²) in [5.41, 5.74) is 0.946. The fourth-order valence-corrected chi connectivity index (χ4v) is 3.58. The molecule has 1 unspecified atom stereocenters. The number of benzene rings is 1. The molecule has 0 spiro atoms. The third kappa shape index (κ3) is 4.08. The monoisotopic (exact) mass is 339 g/mol. The van der Waals surface area contributed by atoms with Crippen LogP contribution in [-0.2, 0) is 19.6 Å². The lowest BCUT2D eigenvalue weighted by Gasteiger charge is -2.25. The Hall–Kier alpha value is -1.93. The largest absolute Gasteiger partial charge is 0.337 e. The van der Waals surface area contributed by atoms with Crippen molar-refractivity contribution < 1.29 is 18.0 Å². The fourth-order valence-electron chi connectivity index (χ4n) is 2.25. The standard InChI is InChI=1S/C15H21N3O4S/c1-10(2)14(15(20)18-8-13(19)16-9-18)17-23(21,22)12-6-4-11(3)5-7-12/h4-7,10,14,17H,8-9H2,1-3H3,(H,16,19).